The lowest BCUT2D eigenvalue weighted by Crippen LogP contribution is -2.37. The molecule has 2 rings (SSSR count). The van der Waals surface area contributed by atoms with E-state index in [9.17, 15) is 0 Å². The molecule has 0 aliphatic carbocycles. The molecule has 2 aromatic rings. The summed E-state index contributed by atoms with van der Waals surface area (Å²) in [7, 11) is 1.79. The average molecular weight is 488 g/mol. The molecular weight excluding hydrogens is 459 g/mol. The number of aromatic nitrogens is 1. The molecule has 0 aliphatic heterocycles. The molecule has 0 saturated carbocycles. The van der Waals surface area contributed by atoms with Gasteiger partial charge >= 0.3 is 0 Å². The number of hydrogen-bond acceptors (Lipinski definition) is 4. The van der Waals surface area contributed by atoms with E-state index in [0.717, 1.165) is 54.9 Å². The van der Waals surface area contributed by atoms with Crippen molar-refractivity contribution in [3.63, 3.8) is 0 Å². The standard InChI is InChI=1S/C19H28N4OS.HI/c1-14-7-9-17(10-8-14)24-12-6-5-11-21-19(20-4)22-13-18-15(2)23-16(3)25-18;/h7-10H,5-6,11-13H2,1-4H3,(H2,20,21,22);1H. The van der Waals surface area contributed by atoms with Gasteiger partial charge in [0.15, 0.2) is 5.96 Å². The highest BCUT2D eigenvalue weighted by atomic mass is 127. The summed E-state index contributed by atoms with van der Waals surface area (Å²) < 4.78 is 5.74. The fourth-order valence-electron chi connectivity index (χ4n) is 2.38. The van der Waals surface area contributed by atoms with E-state index in [2.05, 4.69) is 39.7 Å². The Hall–Kier alpha value is -1.35. The Bertz CT molecular complexity index is 685. The maximum atomic E-state index is 5.74. The van der Waals surface area contributed by atoms with Crippen LogP contribution in [0, 0.1) is 20.8 Å². The molecule has 0 amide bonds. The molecule has 1 aromatic carbocycles. The van der Waals surface area contributed by atoms with Crippen molar-refractivity contribution in [2.24, 2.45) is 4.99 Å². The number of unbranched alkanes of at least 4 members (excludes halogenated alkanes) is 1. The van der Waals surface area contributed by atoms with Gasteiger partial charge in [0.2, 0.25) is 0 Å². The molecule has 1 aromatic heterocycles. The van der Waals surface area contributed by atoms with E-state index in [1.807, 2.05) is 26.0 Å². The minimum absolute atomic E-state index is 0. The Labute approximate surface area is 177 Å². The van der Waals surface area contributed by atoms with Crippen LogP contribution < -0.4 is 15.4 Å². The van der Waals surface area contributed by atoms with Crippen LogP contribution in [0.15, 0.2) is 29.3 Å². The first-order chi connectivity index (χ1) is 12.1. The van der Waals surface area contributed by atoms with Crippen molar-refractivity contribution >= 4 is 41.3 Å². The minimum atomic E-state index is 0. The molecule has 26 heavy (non-hydrogen) atoms. The van der Waals surface area contributed by atoms with Crippen molar-refractivity contribution in [3.05, 3.63) is 45.4 Å². The van der Waals surface area contributed by atoms with Crippen LogP contribution in [-0.2, 0) is 6.54 Å². The van der Waals surface area contributed by atoms with Crippen molar-refractivity contribution in [2.45, 2.75) is 40.2 Å². The molecule has 144 valence electrons. The van der Waals surface area contributed by atoms with Crippen LogP contribution in [-0.4, -0.2) is 31.1 Å². The number of ether oxygens (including phenoxy) is 1. The number of nitrogens with zero attached hydrogens (tertiary/aromatic N) is 2. The molecule has 2 N–H and O–H groups in total. The second-order valence-corrected chi connectivity index (χ2v) is 7.25. The average Bonchev–Trinajstić information content (AvgIpc) is 2.92. The number of thiazole rings is 1. The van der Waals surface area contributed by atoms with E-state index in [0.29, 0.717) is 0 Å². The zero-order valence-corrected chi connectivity index (χ0v) is 19.1. The van der Waals surface area contributed by atoms with Gasteiger partial charge in [0, 0.05) is 18.5 Å². The first-order valence-corrected chi connectivity index (χ1v) is 9.47. The largest absolute Gasteiger partial charge is 0.494 e. The predicted molar refractivity (Wildman–Crippen MR) is 121 cm³/mol. The summed E-state index contributed by atoms with van der Waals surface area (Å²) in [5, 5.41) is 7.78. The molecule has 0 bridgehead atoms. The van der Waals surface area contributed by atoms with E-state index in [-0.39, 0.29) is 24.0 Å². The molecule has 0 unspecified atom stereocenters. The molecule has 0 spiro atoms. The van der Waals surface area contributed by atoms with Gasteiger partial charge in [-0.1, -0.05) is 17.7 Å². The predicted octanol–water partition coefficient (Wildman–Crippen LogP) is 4.21. The fraction of sp³-hybridized carbons (Fsp3) is 0.474. The van der Waals surface area contributed by atoms with E-state index in [4.69, 9.17) is 4.74 Å². The Kier molecular flexibility index (Phi) is 10.6. The number of benzene rings is 1. The third kappa shape index (κ3) is 7.90. The molecule has 0 radical (unpaired) electrons. The van der Waals surface area contributed by atoms with Crippen LogP contribution in [0.1, 0.15) is 34.0 Å². The Morgan fingerprint density at radius 1 is 1.12 bits per heavy atom. The third-order valence-corrected chi connectivity index (χ3v) is 4.87. The zero-order valence-electron chi connectivity index (χ0n) is 16.0. The Morgan fingerprint density at radius 2 is 1.85 bits per heavy atom. The van der Waals surface area contributed by atoms with Gasteiger partial charge in [0.1, 0.15) is 5.75 Å². The molecule has 5 nitrogen and oxygen atoms in total. The number of rotatable bonds is 8. The third-order valence-electron chi connectivity index (χ3n) is 3.79. The summed E-state index contributed by atoms with van der Waals surface area (Å²) in [5.74, 6) is 1.76. The highest BCUT2D eigenvalue weighted by Gasteiger charge is 2.05. The van der Waals surface area contributed by atoms with Crippen molar-refractivity contribution in [2.75, 3.05) is 20.2 Å². The van der Waals surface area contributed by atoms with Gasteiger partial charge in [-0.15, -0.1) is 35.3 Å². The minimum Gasteiger partial charge on any atom is -0.494 e. The lowest BCUT2D eigenvalue weighted by Gasteiger charge is -2.11. The first kappa shape index (κ1) is 22.7. The lowest BCUT2D eigenvalue weighted by atomic mass is 10.2. The Morgan fingerprint density at radius 3 is 2.46 bits per heavy atom. The van der Waals surface area contributed by atoms with E-state index in [1.165, 1.54) is 10.4 Å². The fourth-order valence-corrected chi connectivity index (χ4v) is 3.26. The molecule has 0 aliphatic rings. The lowest BCUT2D eigenvalue weighted by molar-refractivity contribution is 0.307. The van der Waals surface area contributed by atoms with Crippen molar-refractivity contribution in [3.8, 4) is 5.75 Å². The SMILES string of the molecule is CN=C(NCCCCOc1ccc(C)cc1)NCc1sc(C)nc1C.I. The zero-order chi connectivity index (χ0) is 18.1. The normalized spacial score (nSPS) is 11.0. The van der Waals surface area contributed by atoms with Gasteiger partial charge in [-0.2, -0.15) is 0 Å². The molecule has 0 saturated heterocycles. The smallest absolute Gasteiger partial charge is 0.191 e. The van der Waals surface area contributed by atoms with Gasteiger partial charge in [0.25, 0.3) is 0 Å². The Balaban J connectivity index is 0.00000338. The van der Waals surface area contributed by atoms with Crippen LogP contribution in [0.25, 0.3) is 0 Å². The van der Waals surface area contributed by atoms with Crippen LogP contribution in [0.5, 0.6) is 5.75 Å². The van der Waals surface area contributed by atoms with Crippen LogP contribution >= 0.6 is 35.3 Å². The van der Waals surface area contributed by atoms with Crippen LogP contribution in [0.2, 0.25) is 0 Å². The van der Waals surface area contributed by atoms with Gasteiger partial charge < -0.3 is 15.4 Å². The number of guanidine groups is 1. The molecule has 1 heterocycles. The second-order valence-electron chi connectivity index (χ2n) is 5.96. The van der Waals surface area contributed by atoms with E-state index in [1.54, 1.807) is 18.4 Å². The molecule has 7 heteroatoms. The highest BCUT2D eigenvalue weighted by Crippen LogP contribution is 2.16. The number of nitrogens with one attached hydrogen (secondary N) is 2. The molecule has 0 fully saturated rings. The van der Waals surface area contributed by atoms with E-state index < -0.39 is 0 Å². The summed E-state index contributed by atoms with van der Waals surface area (Å²) in [5.41, 5.74) is 2.35. The summed E-state index contributed by atoms with van der Waals surface area (Å²) in [6, 6.07) is 8.17. The summed E-state index contributed by atoms with van der Waals surface area (Å²) in [4.78, 5) is 9.96. The quantitative estimate of drug-likeness (QED) is 0.253. The van der Waals surface area contributed by atoms with Gasteiger partial charge in [-0.3, -0.25) is 4.99 Å². The van der Waals surface area contributed by atoms with Crippen molar-refractivity contribution in [1.82, 2.24) is 15.6 Å². The molecule has 0 atom stereocenters. The van der Waals surface area contributed by atoms with Gasteiger partial charge in [-0.05, 0) is 45.7 Å². The number of halogens is 1. The van der Waals surface area contributed by atoms with Gasteiger partial charge in [0.05, 0.1) is 23.9 Å². The van der Waals surface area contributed by atoms with Crippen molar-refractivity contribution < 1.29 is 4.74 Å². The topological polar surface area (TPSA) is 58.5 Å². The number of aliphatic imine (C=N–C) groups is 1. The summed E-state index contributed by atoms with van der Waals surface area (Å²) in [6.45, 7) is 8.52. The highest BCUT2D eigenvalue weighted by molar-refractivity contribution is 14.0. The van der Waals surface area contributed by atoms with Crippen molar-refractivity contribution in [1.29, 1.82) is 0 Å². The molecular formula is C19H29IN4OS. The monoisotopic (exact) mass is 488 g/mol. The number of hydrogen-bond donors (Lipinski definition) is 2. The van der Waals surface area contributed by atoms with Gasteiger partial charge in [-0.25, -0.2) is 4.98 Å². The summed E-state index contributed by atoms with van der Waals surface area (Å²) in [6.07, 6.45) is 2.04. The first-order valence-electron chi connectivity index (χ1n) is 8.65. The number of aryl methyl sites for hydroxylation is 3. The summed E-state index contributed by atoms with van der Waals surface area (Å²) >= 11 is 1.73. The maximum Gasteiger partial charge on any atom is 0.191 e. The van der Waals surface area contributed by atoms with Crippen LogP contribution in [0.3, 0.4) is 0 Å². The second kappa shape index (κ2) is 12.1. The maximum absolute atomic E-state index is 5.74. The van der Waals surface area contributed by atoms with Crippen LogP contribution in [0.4, 0.5) is 0 Å². The van der Waals surface area contributed by atoms with E-state index >= 15 is 0 Å².